The Hall–Kier alpha value is -2.70. The molecule has 0 spiro atoms. The molecule has 0 saturated carbocycles. The fraction of sp³-hybridized carbons (Fsp3) is 0.444. The van der Waals surface area contributed by atoms with Crippen molar-refractivity contribution >= 4 is 11.9 Å². The number of methoxy groups -OCH3 is 1. The molecule has 134 valence electrons. The van der Waals surface area contributed by atoms with Crippen molar-refractivity contribution in [3.8, 4) is 0 Å². The predicted octanol–water partition coefficient (Wildman–Crippen LogP) is 1.97. The first-order valence-electron chi connectivity index (χ1n) is 8.27. The molecule has 0 unspecified atom stereocenters. The summed E-state index contributed by atoms with van der Waals surface area (Å²) in [6, 6.07) is 8.11. The molecular formula is C18H23N3O4. The van der Waals surface area contributed by atoms with Gasteiger partial charge in [-0.2, -0.15) is 0 Å². The van der Waals surface area contributed by atoms with Crippen LogP contribution in [0.15, 0.2) is 28.7 Å². The zero-order valence-corrected chi connectivity index (χ0v) is 14.6. The summed E-state index contributed by atoms with van der Waals surface area (Å²) in [5.74, 6) is 0.607. The van der Waals surface area contributed by atoms with Crippen molar-refractivity contribution in [1.82, 2.24) is 15.5 Å². The van der Waals surface area contributed by atoms with Gasteiger partial charge in [-0.05, 0) is 18.9 Å². The van der Waals surface area contributed by atoms with Crippen LogP contribution in [0.5, 0.6) is 0 Å². The van der Waals surface area contributed by atoms with E-state index in [1.807, 2.05) is 25.1 Å². The van der Waals surface area contributed by atoms with E-state index in [0.29, 0.717) is 44.0 Å². The average molecular weight is 345 g/mol. The Bertz CT molecular complexity index is 712. The SMILES string of the molecule is COC(=O)CCCNC(=O)CCc1nnc(Cc2cccc(C)c2)o1. The molecule has 0 aliphatic rings. The van der Waals surface area contributed by atoms with Crippen molar-refractivity contribution in [3.05, 3.63) is 47.2 Å². The summed E-state index contributed by atoms with van der Waals surface area (Å²) in [6.07, 6.45) is 2.09. The third-order valence-electron chi connectivity index (χ3n) is 3.62. The number of carbonyl (C=O) groups excluding carboxylic acids is 2. The number of rotatable bonds is 9. The van der Waals surface area contributed by atoms with E-state index in [9.17, 15) is 9.59 Å². The summed E-state index contributed by atoms with van der Waals surface area (Å²) in [5.41, 5.74) is 2.29. The first-order chi connectivity index (χ1) is 12.1. The van der Waals surface area contributed by atoms with Crippen molar-refractivity contribution in [1.29, 1.82) is 0 Å². The molecule has 25 heavy (non-hydrogen) atoms. The van der Waals surface area contributed by atoms with E-state index >= 15 is 0 Å². The van der Waals surface area contributed by atoms with Crippen LogP contribution in [0.3, 0.4) is 0 Å². The highest BCUT2D eigenvalue weighted by Crippen LogP contribution is 2.11. The van der Waals surface area contributed by atoms with Gasteiger partial charge in [0.1, 0.15) is 0 Å². The summed E-state index contributed by atoms with van der Waals surface area (Å²) in [4.78, 5) is 22.7. The lowest BCUT2D eigenvalue weighted by atomic mass is 10.1. The van der Waals surface area contributed by atoms with Crippen molar-refractivity contribution in [3.63, 3.8) is 0 Å². The lowest BCUT2D eigenvalue weighted by Crippen LogP contribution is -2.25. The molecule has 2 rings (SSSR count). The number of carbonyl (C=O) groups is 2. The van der Waals surface area contributed by atoms with Gasteiger partial charge in [-0.1, -0.05) is 29.8 Å². The van der Waals surface area contributed by atoms with Gasteiger partial charge in [0, 0.05) is 25.8 Å². The summed E-state index contributed by atoms with van der Waals surface area (Å²) in [7, 11) is 1.35. The molecule has 0 bridgehead atoms. The second kappa shape index (κ2) is 9.56. The summed E-state index contributed by atoms with van der Waals surface area (Å²) >= 11 is 0. The van der Waals surface area contributed by atoms with Gasteiger partial charge in [-0.15, -0.1) is 10.2 Å². The minimum atomic E-state index is -0.277. The number of ether oxygens (including phenoxy) is 1. The summed E-state index contributed by atoms with van der Waals surface area (Å²) in [6.45, 7) is 2.48. The van der Waals surface area contributed by atoms with E-state index in [4.69, 9.17) is 4.42 Å². The molecule has 1 N–H and O–H groups in total. The van der Waals surface area contributed by atoms with Crippen LogP contribution >= 0.6 is 0 Å². The maximum atomic E-state index is 11.7. The Morgan fingerprint density at radius 2 is 2.00 bits per heavy atom. The molecule has 1 aromatic carbocycles. The second-order valence-corrected chi connectivity index (χ2v) is 5.79. The topological polar surface area (TPSA) is 94.3 Å². The highest BCUT2D eigenvalue weighted by atomic mass is 16.5. The average Bonchev–Trinajstić information content (AvgIpc) is 3.04. The van der Waals surface area contributed by atoms with Gasteiger partial charge in [-0.25, -0.2) is 0 Å². The van der Waals surface area contributed by atoms with Crippen LogP contribution in [0.1, 0.15) is 42.2 Å². The summed E-state index contributed by atoms with van der Waals surface area (Å²) < 4.78 is 10.1. The molecule has 1 heterocycles. The molecule has 0 aliphatic carbocycles. The van der Waals surface area contributed by atoms with E-state index in [2.05, 4.69) is 26.3 Å². The third-order valence-corrected chi connectivity index (χ3v) is 3.62. The number of benzene rings is 1. The molecule has 0 fully saturated rings. The number of amides is 1. The minimum absolute atomic E-state index is 0.108. The number of nitrogens with one attached hydrogen (secondary N) is 1. The molecule has 1 aromatic heterocycles. The number of hydrogen-bond donors (Lipinski definition) is 1. The van der Waals surface area contributed by atoms with Gasteiger partial charge in [0.05, 0.1) is 13.5 Å². The number of aromatic nitrogens is 2. The van der Waals surface area contributed by atoms with E-state index in [1.165, 1.54) is 12.7 Å². The smallest absolute Gasteiger partial charge is 0.305 e. The minimum Gasteiger partial charge on any atom is -0.469 e. The zero-order chi connectivity index (χ0) is 18.1. The van der Waals surface area contributed by atoms with Crippen molar-refractivity contribution in [2.24, 2.45) is 0 Å². The molecule has 0 saturated heterocycles. The molecule has 7 nitrogen and oxygen atoms in total. The number of hydrogen-bond acceptors (Lipinski definition) is 6. The molecule has 1 amide bonds. The van der Waals surface area contributed by atoms with Gasteiger partial charge >= 0.3 is 5.97 Å². The lowest BCUT2D eigenvalue weighted by Gasteiger charge is -2.03. The maximum absolute atomic E-state index is 11.7. The van der Waals surface area contributed by atoms with E-state index in [0.717, 1.165) is 5.56 Å². The van der Waals surface area contributed by atoms with Gasteiger partial charge in [0.15, 0.2) is 0 Å². The van der Waals surface area contributed by atoms with Gasteiger partial charge in [0.25, 0.3) is 0 Å². The molecule has 0 atom stereocenters. The fourth-order valence-electron chi connectivity index (χ4n) is 2.33. The van der Waals surface area contributed by atoms with E-state index in [-0.39, 0.29) is 18.3 Å². The quantitative estimate of drug-likeness (QED) is 0.551. The normalized spacial score (nSPS) is 10.5. The number of nitrogens with zero attached hydrogens (tertiary/aromatic N) is 2. The largest absolute Gasteiger partial charge is 0.469 e. The van der Waals surface area contributed by atoms with Gasteiger partial charge in [0.2, 0.25) is 17.7 Å². The predicted molar refractivity (Wildman–Crippen MR) is 90.9 cm³/mol. The Balaban J connectivity index is 1.70. The van der Waals surface area contributed by atoms with Gasteiger partial charge < -0.3 is 14.5 Å². The van der Waals surface area contributed by atoms with Crippen molar-refractivity contribution in [2.45, 2.75) is 39.0 Å². The Morgan fingerprint density at radius 1 is 1.20 bits per heavy atom. The first-order valence-corrected chi connectivity index (χ1v) is 8.27. The second-order valence-electron chi connectivity index (χ2n) is 5.79. The van der Waals surface area contributed by atoms with Crippen LogP contribution < -0.4 is 5.32 Å². The van der Waals surface area contributed by atoms with E-state index < -0.39 is 0 Å². The van der Waals surface area contributed by atoms with Crippen LogP contribution in [0.25, 0.3) is 0 Å². The highest BCUT2D eigenvalue weighted by molar-refractivity contribution is 5.76. The Labute approximate surface area is 146 Å². The fourth-order valence-corrected chi connectivity index (χ4v) is 2.33. The first kappa shape index (κ1) is 18.6. The Morgan fingerprint density at radius 3 is 2.76 bits per heavy atom. The zero-order valence-electron chi connectivity index (χ0n) is 14.6. The molecule has 2 aromatic rings. The Kier molecular flexibility index (Phi) is 7.13. The maximum Gasteiger partial charge on any atom is 0.305 e. The van der Waals surface area contributed by atoms with Crippen LogP contribution in [-0.4, -0.2) is 35.7 Å². The monoisotopic (exact) mass is 345 g/mol. The number of esters is 1. The molecule has 7 heteroatoms. The summed E-state index contributed by atoms with van der Waals surface area (Å²) in [5, 5.41) is 10.8. The molecule has 0 aliphatic heterocycles. The standard InChI is InChI=1S/C18H23N3O4/c1-13-5-3-6-14(11-13)12-17-21-20-16(25-17)9-8-15(22)19-10-4-7-18(23)24-2/h3,5-6,11H,4,7-10,12H2,1-2H3,(H,19,22). The molecular weight excluding hydrogens is 322 g/mol. The van der Waals surface area contributed by atoms with Crippen LogP contribution in [0.4, 0.5) is 0 Å². The third kappa shape index (κ3) is 6.74. The van der Waals surface area contributed by atoms with Crippen molar-refractivity contribution < 1.29 is 18.7 Å². The van der Waals surface area contributed by atoms with Gasteiger partial charge in [-0.3, -0.25) is 9.59 Å². The lowest BCUT2D eigenvalue weighted by molar-refractivity contribution is -0.140. The van der Waals surface area contributed by atoms with Crippen LogP contribution in [0.2, 0.25) is 0 Å². The van der Waals surface area contributed by atoms with Crippen LogP contribution in [0, 0.1) is 6.92 Å². The molecule has 0 radical (unpaired) electrons. The number of aryl methyl sites for hydroxylation is 2. The van der Waals surface area contributed by atoms with Crippen molar-refractivity contribution in [2.75, 3.05) is 13.7 Å². The highest BCUT2D eigenvalue weighted by Gasteiger charge is 2.10. The van der Waals surface area contributed by atoms with E-state index in [1.54, 1.807) is 0 Å². The van der Waals surface area contributed by atoms with Crippen LogP contribution in [-0.2, 0) is 27.2 Å².